The number of carbonyl (C=O) groups excluding carboxylic acids is 1. The van der Waals surface area contributed by atoms with E-state index < -0.39 is 0 Å². The van der Waals surface area contributed by atoms with Crippen molar-refractivity contribution < 1.29 is 9.53 Å². The van der Waals surface area contributed by atoms with Crippen LogP contribution in [0.1, 0.15) is 13.3 Å². The Morgan fingerprint density at radius 2 is 2.24 bits per heavy atom. The van der Waals surface area contributed by atoms with Crippen LogP contribution >= 0.6 is 11.6 Å². The van der Waals surface area contributed by atoms with E-state index in [9.17, 15) is 4.79 Å². The lowest BCUT2D eigenvalue weighted by Gasteiger charge is -2.09. The van der Waals surface area contributed by atoms with Crippen molar-refractivity contribution in [2.75, 3.05) is 19.0 Å². The highest BCUT2D eigenvalue weighted by atomic mass is 35.5. The number of pyridine rings is 1. The molecular weight excluding hydrogens is 288 g/mol. The van der Waals surface area contributed by atoms with Crippen molar-refractivity contribution in [2.24, 2.45) is 0 Å². The summed E-state index contributed by atoms with van der Waals surface area (Å²) in [6.07, 6.45) is 4.19. The molecule has 0 saturated heterocycles. The van der Waals surface area contributed by atoms with Crippen LogP contribution in [0.2, 0.25) is 5.02 Å². The van der Waals surface area contributed by atoms with Crippen LogP contribution in [0.4, 0.5) is 5.69 Å². The lowest BCUT2D eigenvalue weighted by molar-refractivity contribution is -0.136. The molecular formula is C16H17ClN2O2. The smallest absolute Gasteiger partial charge is 0.333 e. The number of carbonyl (C=O) groups is 1. The molecule has 0 saturated carbocycles. The predicted octanol–water partition coefficient (Wildman–Crippen LogP) is 3.81. The van der Waals surface area contributed by atoms with Gasteiger partial charge in [0.2, 0.25) is 0 Å². The molecule has 21 heavy (non-hydrogen) atoms. The zero-order valence-corrected chi connectivity index (χ0v) is 12.8. The summed E-state index contributed by atoms with van der Waals surface area (Å²) in [5, 5.41) is 4.82. The summed E-state index contributed by atoms with van der Waals surface area (Å²) in [5.41, 5.74) is 2.34. The summed E-state index contributed by atoms with van der Waals surface area (Å²) >= 11 is 6.16. The number of anilines is 1. The highest BCUT2D eigenvalue weighted by Crippen LogP contribution is 2.27. The van der Waals surface area contributed by atoms with E-state index in [-0.39, 0.29) is 5.97 Å². The Kier molecular flexibility index (Phi) is 5.17. The van der Waals surface area contributed by atoms with Crippen molar-refractivity contribution in [3.05, 3.63) is 47.1 Å². The molecule has 1 aromatic carbocycles. The third-order valence-corrected chi connectivity index (χ3v) is 3.52. The van der Waals surface area contributed by atoms with Gasteiger partial charge in [-0.2, -0.15) is 0 Å². The second-order valence-corrected chi connectivity index (χ2v) is 4.86. The van der Waals surface area contributed by atoms with Crippen LogP contribution in [0.3, 0.4) is 0 Å². The molecule has 0 bridgehead atoms. The Balaban J connectivity index is 2.20. The van der Waals surface area contributed by atoms with E-state index in [1.54, 1.807) is 6.20 Å². The normalized spacial score (nSPS) is 11.5. The Labute approximate surface area is 128 Å². The zero-order valence-electron chi connectivity index (χ0n) is 12.0. The number of hydrogen-bond acceptors (Lipinski definition) is 4. The summed E-state index contributed by atoms with van der Waals surface area (Å²) in [6.45, 7) is 2.44. The van der Waals surface area contributed by atoms with Gasteiger partial charge in [0.05, 0.1) is 23.3 Å². The average molecular weight is 305 g/mol. The van der Waals surface area contributed by atoms with E-state index in [1.807, 2.05) is 37.3 Å². The number of aromatic nitrogens is 1. The molecule has 2 rings (SSSR count). The molecule has 4 nitrogen and oxygen atoms in total. The lowest BCUT2D eigenvalue weighted by Crippen LogP contribution is -2.07. The largest absolute Gasteiger partial charge is 0.466 e. The molecule has 0 aliphatic rings. The highest BCUT2D eigenvalue weighted by molar-refractivity contribution is 6.35. The van der Waals surface area contributed by atoms with Crippen molar-refractivity contribution in [1.82, 2.24) is 4.98 Å². The van der Waals surface area contributed by atoms with Gasteiger partial charge in [0, 0.05) is 23.7 Å². The third-order valence-electron chi connectivity index (χ3n) is 3.19. The number of halogens is 1. The second kappa shape index (κ2) is 7.09. The fourth-order valence-corrected chi connectivity index (χ4v) is 2.28. The number of fused-ring (bicyclic) bond motifs is 1. The molecule has 110 valence electrons. The van der Waals surface area contributed by atoms with Gasteiger partial charge in [-0.25, -0.2) is 4.79 Å². The molecule has 1 N–H and O–H groups in total. The van der Waals surface area contributed by atoms with E-state index >= 15 is 0 Å². The number of ether oxygens (including phenoxy) is 1. The first-order valence-corrected chi connectivity index (χ1v) is 7.09. The lowest BCUT2D eigenvalue weighted by atomic mass is 10.1. The van der Waals surface area contributed by atoms with Gasteiger partial charge in [-0.3, -0.25) is 4.98 Å². The molecule has 2 aromatic rings. The molecule has 0 spiro atoms. The van der Waals surface area contributed by atoms with Crippen LogP contribution < -0.4 is 5.32 Å². The molecule has 0 fully saturated rings. The minimum absolute atomic E-state index is 0.293. The maximum absolute atomic E-state index is 11.5. The van der Waals surface area contributed by atoms with E-state index in [0.717, 1.165) is 16.6 Å². The fraction of sp³-hybridized carbons (Fsp3) is 0.250. The topological polar surface area (TPSA) is 51.2 Å². The summed E-state index contributed by atoms with van der Waals surface area (Å²) in [5.74, 6) is -0.293. The van der Waals surface area contributed by atoms with Gasteiger partial charge in [0.1, 0.15) is 0 Å². The Morgan fingerprint density at radius 3 is 2.95 bits per heavy atom. The van der Waals surface area contributed by atoms with Crippen molar-refractivity contribution >= 4 is 34.2 Å². The average Bonchev–Trinajstić information content (AvgIpc) is 2.53. The summed E-state index contributed by atoms with van der Waals surface area (Å²) < 4.78 is 4.73. The van der Waals surface area contributed by atoms with E-state index in [4.69, 9.17) is 16.3 Å². The predicted molar refractivity (Wildman–Crippen MR) is 85.6 cm³/mol. The number of methoxy groups -OCH3 is 1. The van der Waals surface area contributed by atoms with Gasteiger partial charge >= 0.3 is 5.97 Å². The van der Waals surface area contributed by atoms with Crippen LogP contribution in [0, 0.1) is 0 Å². The summed E-state index contributed by atoms with van der Waals surface area (Å²) in [6, 6.07) is 7.50. The third kappa shape index (κ3) is 3.52. The summed E-state index contributed by atoms with van der Waals surface area (Å²) in [4.78, 5) is 15.8. The molecule has 0 amide bonds. The van der Waals surface area contributed by atoms with Gasteiger partial charge in [0.25, 0.3) is 0 Å². The molecule has 0 aliphatic carbocycles. The highest BCUT2D eigenvalue weighted by Gasteiger charge is 2.07. The van der Waals surface area contributed by atoms with Gasteiger partial charge in [0.15, 0.2) is 0 Å². The van der Waals surface area contributed by atoms with Crippen LogP contribution in [0.15, 0.2) is 42.1 Å². The van der Waals surface area contributed by atoms with Gasteiger partial charge < -0.3 is 10.1 Å². The SMILES string of the molecule is CC/C(=C/CNc1ccc(Cl)c2cccnc12)C(=O)OC. The number of benzene rings is 1. The monoisotopic (exact) mass is 304 g/mol. The molecule has 0 unspecified atom stereocenters. The van der Waals surface area contributed by atoms with E-state index in [1.165, 1.54) is 7.11 Å². The first-order valence-electron chi connectivity index (χ1n) is 6.71. The van der Waals surface area contributed by atoms with Gasteiger partial charge in [-0.15, -0.1) is 0 Å². The van der Waals surface area contributed by atoms with E-state index in [0.29, 0.717) is 23.6 Å². The standard InChI is InChI=1S/C16H17ClN2O2/c1-3-11(16(20)21-2)8-10-18-14-7-6-13(17)12-5-4-9-19-15(12)14/h4-9,18H,3,10H2,1-2H3/b11-8-. The number of rotatable bonds is 5. The fourth-order valence-electron chi connectivity index (χ4n) is 2.07. The molecule has 0 radical (unpaired) electrons. The number of nitrogens with zero attached hydrogens (tertiary/aromatic N) is 1. The number of nitrogens with one attached hydrogen (secondary N) is 1. The van der Waals surface area contributed by atoms with Crippen molar-refractivity contribution in [3.63, 3.8) is 0 Å². The molecule has 0 aliphatic heterocycles. The van der Waals surface area contributed by atoms with Crippen LogP contribution in [0.5, 0.6) is 0 Å². The van der Waals surface area contributed by atoms with Crippen LogP contribution in [-0.4, -0.2) is 24.6 Å². The minimum atomic E-state index is -0.293. The molecule has 1 heterocycles. The first-order chi connectivity index (χ1) is 10.2. The first kappa shape index (κ1) is 15.3. The van der Waals surface area contributed by atoms with Gasteiger partial charge in [-0.05, 0) is 30.7 Å². The maximum Gasteiger partial charge on any atom is 0.333 e. The molecule has 1 aromatic heterocycles. The quantitative estimate of drug-likeness (QED) is 0.674. The van der Waals surface area contributed by atoms with Crippen molar-refractivity contribution in [2.45, 2.75) is 13.3 Å². The Morgan fingerprint density at radius 1 is 1.43 bits per heavy atom. The number of hydrogen-bond donors (Lipinski definition) is 1. The summed E-state index contributed by atoms with van der Waals surface area (Å²) in [7, 11) is 1.38. The minimum Gasteiger partial charge on any atom is -0.466 e. The number of esters is 1. The zero-order chi connectivity index (χ0) is 15.2. The van der Waals surface area contributed by atoms with Crippen molar-refractivity contribution in [3.8, 4) is 0 Å². The Hall–Kier alpha value is -2.07. The maximum atomic E-state index is 11.5. The Bertz CT molecular complexity index is 683. The van der Waals surface area contributed by atoms with Crippen LogP contribution in [0.25, 0.3) is 10.9 Å². The van der Waals surface area contributed by atoms with Crippen molar-refractivity contribution in [1.29, 1.82) is 0 Å². The molecule has 0 atom stereocenters. The second-order valence-electron chi connectivity index (χ2n) is 4.45. The van der Waals surface area contributed by atoms with E-state index in [2.05, 4.69) is 10.3 Å². The van der Waals surface area contributed by atoms with Crippen LogP contribution in [-0.2, 0) is 9.53 Å². The molecule has 5 heteroatoms. The van der Waals surface area contributed by atoms with Gasteiger partial charge in [-0.1, -0.05) is 24.6 Å².